The van der Waals surface area contributed by atoms with E-state index in [1.807, 2.05) is 30.9 Å². The molecule has 0 aliphatic rings. The molecule has 0 saturated heterocycles. The molecule has 1 aromatic rings. The van der Waals surface area contributed by atoms with Crippen LogP contribution in [0.15, 0.2) is 12.5 Å². The van der Waals surface area contributed by atoms with Crippen LogP contribution >= 0.6 is 0 Å². The second-order valence-electron chi connectivity index (χ2n) is 3.79. The first-order valence-corrected chi connectivity index (χ1v) is 4.91. The van der Waals surface area contributed by atoms with Crippen LogP contribution in [-0.4, -0.2) is 28.8 Å². The molecule has 2 atom stereocenters. The Morgan fingerprint density at radius 3 is 2.86 bits per heavy atom. The molecule has 4 nitrogen and oxygen atoms in total. The van der Waals surface area contributed by atoms with Crippen molar-refractivity contribution >= 4 is 0 Å². The lowest BCUT2D eigenvalue weighted by molar-refractivity contribution is 0.103. The van der Waals surface area contributed by atoms with Crippen molar-refractivity contribution in [3.63, 3.8) is 0 Å². The van der Waals surface area contributed by atoms with Crippen LogP contribution in [0.5, 0.6) is 0 Å². The summed E-state index contributed by atoms with van der Waals surface area (Å²) in [5.41, 5.74) is 6.73. The maximum absolute atomic E-state index is 5.69. The van der Waals surface area contributed by atoms with Gasteiger partial charge in [0.2, 0.25) is 0 Å². The predicted octanol–water partition coefficient (Wildman–Crippen LogP) is 0.808. The molecule has 1 aromatic heterocycles. The summed E-state index contributed by atoms with van der Waals surface area (Å²) in [7, 11) is 1.71. The molecule has 0 aromatic carbocycles. The lowest BCUT2D eigenvalue weighted by Crippen LogP contribution is -2.18. The standard InChI is InChI=1S/C10H19N3O/c1-8(11)4-10-6-13(7-12-10)5-9(2)14-3/h6-9H,4-5,11H2,1-3H3. The van der Waals surface area contributed by atoms with Gasteiger partial charge in [0.15, 0.2) is 0 Å². The summed E-state index contributed by atoms with van der Waals surface area (Å²) in [6, 6.07) is 0.165. The predicted molar refractivity (Wildman–Crippen MR) is 56.1 cm³/mol. The molecule has 0 bridgehead atoms. The van der Waals surface area contributed by atoms with Gasteiger partial charge < -0.3 is 15.0 Å². The van der Waals surface area contributed by atoms with E-state index in [9.17, 15) is 0 Å². The molecule has 2 N–H and O–H groups in total. The zero-order chi connectivity index (χ0) is 10.6. The van der Waals surface area contributed by atoms with E-state index in [0.29, 0.717) is 0 Å². The molecule has 0 aliphatic carbocycles. The van der Waals surface area contributed by atoms with E-state index in [1.54, 1.807) is 7.11 Å². The number of methoxy groups -OCH3 is 1. The number of hydrogen-bond acceptors (Lipinski definition) is 3. The zero-order valence-corrected chi connectivity index (χ0v) is 9.10. The Hall–Kier alpha value is -0.870. The van der Waals surface area contributed by atoms with E-state index in [-0.39, 0.29) is 12.1 Å². The number of nitrogens with zero attached hydrogens (tertiary/aromatic N) is 2. The minimum absolute atomic E-state index is 0.165. The maximum Gasteiger partial charge on any atom is 0.0950 e. The Morgan fingerprint density at radius 2 is 2.29 bits per heavy atom. The van der Waals surface area contributed by atoms with Crippen molar-refractivity contribution in [2.45, 2.75) is 39.0 Å². The summed E-state index contributed by atoms with van der Waals surface area (Å²) in [5, 5.41) is 0. The van der Waals surface area contributed by atoms with Crippen LogP contribution < -0.4 is 5.73 Å². The number of hydrogen-bond donors (Lipinski definition) is 1. The van der Waals surface area contributed by atoms with Gasteiger partial charge in [0, 0.05) is 32.3 Å². The van der Waals surface area contributed by atoms with E-state index in [1.165, 1.54) is 0 Å². The summed E-state index contributed by atoms with van der Waals surface area (Å²) in [6.07, 6.45) is 4.90. The maximum atomic E-state index is 5.69. The molecule has 0 saturated carbocycles. The quantitative estimate of drug-likeness (QED) is 0.760. The van der Waals surface area contributed by atoms with E-state index in [4.69, 9.17) is 10.5 Å². The second-order valence-corrected chi connectivity index (χ2v) is 3.79. The third-order valence-corrected chi connectivity index (χ3v) is 2.09. The molecule has 0 aliphatic heterocycles. The van der Waals surface area contributed by atoms with Crippen LogP contribution in [0.4, 0.5) is 0 Å². The molecular formula is C10H19N3O. The Morgan fingerprint density at radius 1 is 1.57 bits per heavy atom. The van der Waals surface area contributed by atoms with E-state index < -0.39 is 0 Å². The van der Waals surface area contributed by atoms with Crippen molar-refractivity contribution in [1.29, 1.82) is 0 Å². The van der Waals surface area contributed by atoms with E-state index in [0.717, 1.165) is 18.7 Å². The monoisotopic (exact) mass is 197 g/mol. The van der Waals surface area contributed by atoms with Crippen molar-refractivity contribution in [2.24, 2.45) is 5.73 Å². The lowest BCUT2D eigenvalue weighted by atomic mass is 10.2. The van der Waals surface area contributed by atoms with Crippen LogP contribution in [0, 0.1) is 0 Å². The van der Waals surface area contributed by atoms with Crippen LogP contribution in [0.3, 0.4) is 0 Å². The molecule has 0 fully saturated rings. The summed E-state index contributed by atoms with van der Waals surface area (Å²) < 4.78 is 7.20. The van der Waals surface area contributed by atoms with Gasteiger partial charge in [-0.3, -0.25) is 0 Å². The average molecular weight is 197 g/mol. The highest BCUT2D eigenvalue weighted by atomic mass is 16.5. The third kappa shape index (κ3) is 3.47. The van der Waals surface area contributed by atoms with Gasteiger partial charge >= 0.3 is 0 Å². The lowest BCUT2D eigenvalue weighted by Gasteiger charge is -2.09. The molecule has 0 amide bonds. The van der Waals surface area contributed by atoms with E-state index >= 15 is 0 Å². The Labute approximate surface area is 85.1 Å². The van der Waals surface area contributed by atoms with Gasteiger partial charge in [-0.15, -0.1) is 0 Å². The van der Waals surface area contributed by atoms with Gasteiger partial charge in [-0.2, -0.15) is 0 Å². The normalized spacial score (nSPS) is 15.4. The average Bonchev–Trinajstić information content (AvgIpc) is 2.51. The summed E-state index contributed by atoms with van der Waals surface area (Å²) in [5.74, 6) is 0. The fourth-order valence-electron chi connectivity index (χ4n) is 1.31. The first-order valence-electron chi connectivity index (χ1n) is 4.91. The van der Waals surface area contributed by atoms with Crippen LogP contribution in [0.25, 0.3) is 0 Å². The van der Waals surface area contributed by atoms with Crippen molar-refractivity contribution in [3.05, 3.63) is 18.2 Å². The SMILES string of the molecule is COC(C)Cn1cnc(CC(C)N)c1. The highest BCUT2D eigenvalue weighted by Gasteiger charge is 2.04. The summed E-state index contributed by atoms with van der Waals surface area (Å²) in [4.78, 5) is 4.27. The third-order valence-electron chi connectivity index (χ3n) is 2.09. The van der Waals surface area contributed by atoms with Crippen LogP contribution in [0.2, 0.25) is 0 Å². The molecule has 80 valence electrons. The van der Waals surface area contributed by atoms with Crippen molar-refractivity contribution in [1.82, 2.24) is 9.55 Å². The molecule has 0 radical (unpaired) electrons. The second kappa shape index (κ2) is 5.12. The first-order chi connectivity index (χ1) is 6.61. The Bertz CT molecular complexity index is 270. The number of ether oxygens (including phenoxy) is 1. The minimum Gasteiger partial charge on any atom is -0.380 e. The highest BCUT2D eigenvalue weighted by molar-refractivity contribution is 4.98. The molecule has 1 rings (SSSR count). The van der Waals surface area contributed by atoms with Crippen molar-refractivity contribution in [2.75, 3.05) is 7.11 Å². The largest absolute Gasteiger partial charge is 0.380 e. The van der Waals surface area contributed by atoms with Crippen molar-refractivity contribution in [3.8, 4) is 0 Å². The fourth-order valence-corrected chi connectivity index (χ4v) is 1.31. The number of imidazole rings is 1. The summed E-state index contributed by atoms with van der Waals surface area (Å²) >= 11 is 0. The number of rotatable bonds is 5. The molecular weight excluding hydrogens is 178 g/mol. The molecule has 1 heterocycles. The highest BCUT2D eigenvalue weighted by Crippen LogP contribution is 2.01. The van der Waals surface area contributed by atoms with Gasteiger partial charge in [-0.1, -0.05) is 0 Å². The van der Waals surface area contributed by atoms with Gasteiger partial charge in [0.25, 0.3) is 0 Å². The van der Waals surface area contributed by atoms with Crippen molar-refractivity contribution < 1.29 is 4.74 Å². The Balaban J connectivity index is 2.50. The van der Waals surface area contributed by atoms with Crippen LogP contribution in [-0.2, 0) is 17.7 Å². The van der Waals surface area contributed by atoms with Crippen LogP contribution in [0.1, 0.15) is 19.5 Å². The molecule has 4 heteroatoms. The number of nitrogens with two attached hydrogens (primary N) is 1. The number of aromatic nitrogens is 2. The first kappa shape index (κ1) is 11.2. The Kier molecular flexibility index (Phi) is 4.10. The fraction of sp³-hybridized carbons (Fsp3) is 0.700. The van der Waals surface area contributed by atoms with Gasteiger partial charge in [0.1, 0.15) is 0 Å². The summed E-state index contributed by atoms with van der Waals surface area (Å²) in [6.45, 7) is 4.85. The zero-order valence-electron chi connectivity index (χ0n) is 9.10. The van der Waals surface area contributed by atoms with E-state index in [2.05, 4.69) is 4.98 Å². The minimum atomic E-state index is 0.165. The smallest absolute Gasteiger partial charge is 0.0950 e. The van der Waals surface area contributed by atoms with Gasteiger partial charge in [0.05, 0.1) is 18.1 Å². The molecule has 2 unspecified atom stereocenters. The molecule has 0 spiro atoms. The topological polar surface area (TPSA) is 53.1 Å². The molecule has 14 heavy (non-hydrogen) atoms. The van der Waals surface area contributed by atoms with Gasteiger partial charge in [-0.05, 0) is 13.8 Å². The van der Waals surface area contributed by atoms with Gasteiger partial charge in [-0.25, -0.2) is 4.98 Å².